The Morgan fingerprint density at radius 1 is 1.00 bits per heavy atom. The second-order valence-corrected chi connectivity index (χ2v) is 7.66. The van der Waals surface area contributed by atoms with Gasteiger partial charge in [-0.1, -0.05) is 12.1 Å². The highest BCUT2D eigenvalue weighted by Crippen LogP contribution is 2.40. The summed E-state index contributed by atoms with van der Waals surface area (Å²) in [6.45, 7) is 4.00. The third-order valence-electron chi connectivity index (χ3n) is 5.63. The smallest absolute Gasteiger partial charge is 0.229 e. The molecule has 28 heavy (non-hydrogen) atoms. The quantitative estimate of drug-likeness (QED) is 0.671. The molecule has 144 valence electrons. The molecule has 1 saturated carbocycles. The Morgan fingerprint density at radius 2 is 1.79 bits per heavy atom. The monoisotopic (exact) mass is 376 g/mol. The van der Waals surface area contributed by atoms with E-state index in [2.05, 4.69) is 33.0 Å². The molecule has 0 atom stereocenters. The average Bonchev–Trinajstić information content (AvgIpc) is 3.50. The van der Waals surface area contributed by atoms with Crippen LogP contribution in [0.15, 0.2) is 35.1 Å². The molecule has 0 amide bonds. The van der Waals surface area contributed by atoms with Crippen LogP contribution >= 0.6 is 0 Å². The van der Waals surface area contributed by atoms with Crippen LogP contribution in [0.25, 0.3) is 11.4 Å². The highest BCUT2D eigenvalue weighted by Gasteiger charge is 2.32. The van der Waals surface area contributed by atoms with Crippen molar-refractivity contribution in [2.75, 3.05) is 18.0 Å². The molecule has 0 aromatic carbocycles. The fraction of sp³-hybridized carbons (Fsp3) is 0.476. The number of anilines is 1. The predicted molar refractivity (Wildman–Crippen MR) is 105 cm³/mol. The molecule has 0 unspecified atom stereocenters. The summed E-state index contributed by atoms with van der Waals surface area (Å²) in [5.74, 6) is 4.38. The average molecular weight is 376 g/mol. The summed E-state index contributed by atoms with van der Waals surface area (Å²) in [5, 5.41) is 4.24. The molecule has 0 N–H and O–H groups in total. The van der Waals surface area contributed by atoms with Gasteiger partial charge in [0, 0.05) is 54.6 Å². The lowest BCUT2D eigenvalue weighted by Gasteiger charge is -2.31. The fourth-order valence-electron chi connectivity index (χ4n) is 3.73. The van der Waals surface area contributed by atoms with Crippen molar-refractivity contribution in [1.82, 2.24) is 25.1 Å². The maximum atomic E-state index is 5.45. The summed E-state index contributed by atoms with van der Waals surface area (Å²) in [6.07, 6.45) is 8.85. The van der Waals surface area contributed by atoms with Gasteiger partial charge >= 0.3 is 0 Å². The minimum atomic E-state index is 0.375. The molecule has 7 nitrogen and oxygen atoms in total. The van der Waals surface area contributed by atoms with Crippen molar-refractivity contribution in [2.45, 2.75) is 50.9 Å². The third-order valence-corrected chi connectivity index (χ3v) is 5.63. The molecule has 1 saturated heterocycles. The second-order valence-electron chi connectivity index (χ2n) is 7.66. The van der Waals surface area contributed by atoms with Gasteiger partial charge in [0.15, 0.2) is 11.6 Å². The van der Waals surface area contributed by atoms with Gasteiger partial charge in [-0.15, -0.1) is 0 Å². The van der Waals surface area contributed by atoms with Crippen LogP contribution in [0, 0.1) is 0 Å². The molecule has 5 rings (SSSR count). The van der Waals surface area contributed by atoms with Crippen LogP contribution in [0.5, 0.6) is 0 Å². The number of aryl methyl sites for hydroxylation is 1. The standard InChI is InChI=1S/C21H24N6O/c1-2-17-13-18(24-19(23-17)14-5-9-22-10-6-14)27-11-7-15(8-12-27)20-25-21(28-26-20)16-3-4-16/h5-6,9-10,13,15-16H,2-4,7-8,11-12H2,1H3. The molecule has 2 aliphatic rings. The molecule has 1 aliphatic heterocycles. The van der Waals surface area contributed by atoms with E-state index in [0.29, 0.717) is 11.8 Å². The Bertz CT molecular complexity index is 945. The molecule has 0 bridgehead atoms. The van der Waals surface area contributed by atoms with Crippen molar-refractivity contribution in [2.24, 2.45) is 0 Å². The number of aromatic nitrogens is 5. The minimum absolute atomic E-state index is 0.375. The van der Waals surface area contributed by atoms with Crippen LogP contribution in [0.3, 0.4) is 0 Å². The van der Waals surface area contributed by atoms with Crippen LogP contribution in [-0.4, -0.2) is 38.2 Å². The van der Waals surface area contributed by atoms with Gasteiger partial charge in [-0.2, -0.15) is 4.98 Å². The van der Waals surface area contributed by atoms with Crippen molar-refractivity contribution in [3.05, 3.63) is 48.0 Å². The van der Waals surface area contributed by atoms with E-state index in [1.807, 2.05) is 12.1 Å². The van der Waals surface area contributed by atoms with E-state index in [9.17, 15) is 0 Å². The lowest BCUT2D eigenvalue weighted by molar-refractivity contribution is 0.364. The molecule has 0 spiro atoms. The SMILES string of the molecule is CCc1cc(N2CCC(c3noc(C4CC4)n3)CC2)nc(-c2ccncc2)n1. The number of piperidine rings is 1. The Labute approximate surface area is 164 Å². The number of nitrogens with zero attached hydrogens (tertiary/aromatic N) is 6. The summed E-state index contributed by atoms with van der Waals surface area (Å²) in [7, 11) is 0. The summed E-state index contributed by atoms with van der Waals surface area (Å²) < 4.78 is 5.45. The van der Waals surface area contributed by atoms with Crippen LogP contribution in [0.2, 0.25) is 0 Å². The molecular formula is C21H24N6O. The third kappa shape index (κ3) is 3.48. The van der Waals surface area contributed by atoms with E-state index in [4.69, 9.17) is 14.5 Å². The Morgan fingerprint density at radius 3 is 2.50 bits per heavy atom. The summed E-state index contributed by atoms with van der Waals surface area (Å²) >= 11 is 0. The zero-order valence-electron chi connectivity index (χ0n) is 16.1. The molecule has 1 aliphatic carbocycles. The molecule has 3 aromatic heterocycles. The zero-order chi connectivity index (χ0) is 18.9. The van der Waals surface area contributed by atoms with Gasteiger partial charge in [-0.05, 0) is 44.2 Å². The highest BCUT2D eigenvalue weighted by molar-refractivity contribution is 5.57. The van der Waals surface area contributed by atoms with Crippen molar-refractivity contribution in [3.8, 4) is 11.4 Å². The largest absolute Gasteiger partial charge is 0.356 e. The van der Waals surface area contributed by atoms with Gasteiger partial charge in [0.05, 0.1) is 0 Å². The fourth-order valence-corrected chi connectivity index (χ4v) is 3.73. The normalized spacial score (nSPS) is 17.8. The van der Waals surface area contributed by atoms with Gasteiger partial charge in [-0.3, -0.25) is 4.98 Å². The van der Waals surface area contributed by atoms with Gasteiger partial charge in [0.25, 0.3) is 0 Å². The van der Waals surface area contributed by atoms with Gasteiger partial charge in [0.1, 0.15) is 5.82 Å². The first-order chi connectivity index (χ1) is 13.8. The molecule has 0 radical (unpaired) electrons. The lowest BCUT2D eigenvalue weighted by atomic mass is 9.96. The maximum Gasteiger partial charge on any atom is 0.229 e. The van der Waals surface area contributed by atoms with E-state index in [0.717, 1.165) is 67.0 Å². The van der Waals surface area contributed by atoms with Gasteiger partial charge in [-0.25, -0.2) is 9.97 Å². The molecule has 2 fully saturated rings. The topological polar surface area (TPSA) is 80.8 Å². The van der Waals surface area contributed by atoms with E-state index in [-0.39, 0.29) is 0 Å². The number of pyridine rings is 1. The predicted octanol–water partition coefficient (Wildman–Crippen LogP) is 3.75. The Kier molecular flexibility index (Phi) is 4.50. The zero-order valence-corrected chi connectivity index (χ0v) is 16.1. The van der Waals surface area contributed by atoms with Crippen LogP contribution in [-0.2, 0) is 6.42 Å². The Hall–Kier alpha value is -2.83. The van der Waals surface area contributed by atoms with Crippen molar-refractivity contribution in [1.29, 1.82) is 0 Å². The van der Waals surface area contributed by atoms with Gasteiger partial charge < -0.3 is 9.42 Å². The second kappa shape index (κ2) is 7.30. The molecule has 3 aromatic rings. The highest BCUT2D eigenvalue weighted by atomic mass is 16.5. The first-order valence-corrected chi connectivity index (χ1v) is 10.2. The van der Waals surface area contributed by atoms with E-state index >= 15 is 0 Å². The van der Waals surface area contributed by atoms with Crippen molar-refractivity contribution < 1.29 is 4.52 Å². The van der Waals surface area contributed by atoms with Crippen LogP contribution < -0.4 is 4.90 Å². The van der Waals surface area contributed by atoms with E-state index in [1.54, 1.807) is 12.4 Å². The number of rotatable bonds is 5. The first-order valence-electron chi connectivity index (χ1n) is 10.2. The Balaban J connectivity index is 1.32. The summed E-state index contributed by atoms with van der Waals surface area (Å²) in [5.41, 5.74) is 2.06. The molecule has 4 heterocycles. The minimum Gasteiger partial charge on any atom is -0.356 e. The number of hydrogen-bond acceptors (Lipinski definition) is 7. The molecular weight excluding hydrogens is 352 g/mol. The van der Waals surface area contributed by atoms with E-state index in [1.165, 1.54) is 12.8 Å². The van der Waals surface area contributed by atoms with Crippen LogP contribution in [0.4, 0.5) is 5.82 Å². The van der Waals surface area contributed by atoms with E-state index < -0.39 is 0 Å². The summed E-state index contributed by atoms with van der Waals surface area (Å²) in [6, 6.07) is 6.03. The van der Waals surface area contributed by atoms with Crippen LogP contribution in [0.1, 0.15) is 61.9 Å². The first kappa shape index (κ1) is 17.3. The van der Waals surface area contributed by atoms with Gasteiger partial charge in [0.2, 0.25) is 5.89 Å². The van der Waals surface area contributed by atoms with Crippen molar-refractivity contribution in [3.63, 3.8) is 0 Å². The van der Waals surface area contributed by atoms with Crippen molar-refractivity contribution >= 4 is 5.82 Å². The molecule has 7 heteroatoms. The maximum absolute atomic E-state index is 5.45. The lowest BCUT2D eigenvalue weighted by Crippen LogP contribution is -2.34. The summed E-state index contributed by atoms with van der Waals surface area (Å²) in [4.78, 5) is 20.6. The number of hydrogen-bond donors (Lipinski definition) is 0.